The summed E-state index contributed by atoms with van der Waals surface area (Å²) in [4.78, 5) is 22.4. The Morgan fingerprint density at radius 1 is 1.23 bits per heavy atom. The molecule has 1 aliphatic rings. The fourth-order valence-corrected chi connectivity index (χ4v) is 4.47. The van der Waals surface area contributed by atoms with Gasteiger partial charge in [-0.15, -0.1) is 0 Å². The molecule has 26 heavy (non-hydrogen) atoms. The maximum absolute atomic E-state index is 14.2. The summed E-state index contributed by atoms with van der Waals surface area (Å²) < 4.78 is 45.6. The molecule has 0 fully saturated rings. The Hall–Kier alpha value is -2.94. The zero-order chi connectivity index (χ0) is 19.1. The molecule has 0 saturated carbocycles. The molecule has 136 valence electrons. The van der Waals surface area contributed by atoms with Crippen LogP contribution < -0.4 is 4.31 Å². The molecular weight excluding hydrogens is 365 g/mol. The summed E-state index contributed by atoms with van der Waals surface area (Å²) in [5.41, 5.74) is 0.366. The minimum absolute atomic E-state index is 0.130. The number of ether oxygens (including phenoxy) is 1. The first kappa shape index (κ1) is 17.9. The number of halogens is 1. The van der Waals surface area contributed by atoms with Crippen LogP contribution in [-0.4, -0.2) is 39.1 Å². The van der Waals surface area contributed by atoms with Gasteiger partial charge >= 0.3 is 11.9 Å². The minimum atomic E-state index is -4.43. The largest absolute Gasteiger partial charge is 0.481 e. The monoisotopic (exact) mass is 379 g/mol. The highest BCUT2D eigenvalue weighted by Crippen LogP contribution is 2.40. The Morgan fingerprint density at radius 2 is 1.92 bits per heavy atom. The van der Waals surface area contributed by atoms with Gasteiger partial charge in [0.15, 0.2) is 0 Å². The number of hydrogen-bond donors (Lipinski definition) is 1. The number of carboxylic acid groups (broad SMARTS) is 1. The molecule has 0 aromatic heterocycles. The van der Waals surface area contributed by atoms with Crippen LogP contribution in [0.5, 0.6) is 0 Å². The van der Waals surface area contributed by atoms with Crippen LogP contribution in [0.1, 0.15) is 21.8 Å². The van der Waals surface area contributed by atoms with Crippen molar-refractivity contribution in [2.24, 2.45) is 0 Å². The summed E-state index contributed by atoms with van der Waals surface area (Å²) in [6, 6.07) is 8.99. The van der Waals surface area contributed by atoms with Crippen molar-refractivity contribution < 1.29 is 32.2 Å². The topological polar surface area (TPSA) is 101 Å². The van der Waals surface area contributed by atoms with Crippen LogP contribution in [0.15, 0.2) is 47.4 Å². The van der Waals surface area contributed by atoms with Crippen LogP contribution >= 0.6 is 0 Å². The predicted octanol–water partition coefficient (Wildman–Crippen LogP) is 1.99. The number of sulfonamides is 1. The summed E-state index contributed by atoms with van der Waals surface area (Å²) in [5.74, 6) is -4.10. The molecule has 0 unspecified atom stereocenters. The molecular formula is C17H14FNO6S. The van der Waals surface area contributed by atoms with Gasteiger partial charge in [0.05, 0.1) is 24.9 Å². The van der Waals surface area contributed by atoms with E-state index in [1.807, 2.05) is 0 Å². The fourth-order valence-electron chi connectivity index (χ4n) is 2.88. The van der Waals surface area contributed by atoms with Crippen molar-refractivity contribution in [1.29, 1.82) is 0 Å². The maximum Gasteiger partial charge on any atom is 0.337 e. The van der Waals surface area contributed by atoms with Crippen molar-refractivity contribution in [3.05, 3.63) is 59.4 Å². The van der Waals surface area contributed by atoms with E-state index in [0.717, 1.165) is 29.6 Å². The van der Waals surface area contributed by atoms with Crippen molar-refractivity contribution in [2.45, 2.75) is 10.8 Å². The normalized spacial score (nSPS) is 16.2. The molecule has 0 aliphatic carbocycles. The molecule has 0 bridgehead atoms. The quantitative estimate of drug-likeness (QED) is 0.816. The van der Waals surface area contributed by atoms with Crippen molar-refractivity contribution >= 4 is 27.6 Å². The zero-order valence-electron chi connectivity index (χ0n) is 13.5. The summed E-state index contributed by atoms with van der Waals surface area (Å²) in [6.07, 6.45) is 0. The van der Waals surface area contributed by atoms with Gasteiger partial charge in [0, 0.05) is 0 Å². The lowest BCUT2D eigenvalue weighted by Gasteiger charge is -2.20. The van der Waals surface area contributed by atoms with Gasteiger partial charge in [0.2, 0.25) is 0 Å². The lowest BCUT2D eigenvalue weighted by atomic mass is 10.0. The molecule has 1 N–H and O–H groups in total. The second-order valence-electron chi connectivity index (χ2n) is 5.62. The van der Waals surface area contributed by atoms with E-state index in [4.69, 9.17) is 0 Å². The van der Waals surface area contributed by atoms with Gasteiger partial charge in [-0.3, -0.25) is 9.10 Å². The number of fused-ring (bicyclic) bond motifs is 1. The number of para-hydroxylation sites is 1. The SMILES string of the molecule is COC(=O)c1ccc(F)c(S(=O)(=O)N2C[C@@H](C(=O)O)c3ccccc32)c1. The Bertz CT molecular complexity index is 1000. The molecule has 0 saturated heterocycles. The lowest BCUT2D eigenvalue weighted by molar-refractivity contribution is -0.138. The van der Waals surface area contributed by atoms with E-state index in [1.54, 1.807) is 12.1 Å². The van der Waals surface area contributed by atoms with E-state index in [-0.39, 0.29) is 17.8 Å². The van der Waals surface area contributed by atoms with Gasteiger partial charge in [-0.2, -0.15) is 0 Å². The highest BCUT2D eigenvalue weighted by molar-refractivity contribution is 7.92. The van der Waals surface area contributed by atoms with E-state index >= 15 is 0 Å². The van der Waals surface area contributed by atoms with E-state index in [2.05, 4.69) is 4.74 Å². The second kappa shape index (κ2) is 6.41. The molecule has 2 aromatic rings. The third kappa shape index (κ3) is 2.80. The summed E-state index contributed by atoms with van der Waals surface area (Å²) >= 11 is 0. The Balaban J connectivity index is 2.13. The molecule has 0 spiro atoms. The molecule has 1 atom stereocenters. The highest BCUT2D eigenvalue weighted by atomic mass is 32.2. The van der Waals surface area contributed by atoms with E-state index in [9.17, 15) is 27.5 Å². The van der Waals surface area contributed by atoms with Crippen LogP contribution in [0.4, 0.5) is 10.1 Å². The number of esters is 1. The maximum atomic E-state index is 14.2. The average molecular weight is 379 g/mol. The van der Waals surface area contributed by atoms with Crippen molar-refractivity contribution in [1.82, 2.24) is 0 Å². The van der Waals surface area contributed by atoms with Gasteiger partial charge in [-0.05, 0) is 29.8 Å². The Morgan fingerprint density at radius 3 is 2.58 bits per heavy atom. The van der Waals surface area contributed by atoms with Gasteiger partial charge in [0.25, 0.3) is 10.0 Å². The van der Waals surface area contributed by atoms with Crippen LogP contribution in [0, 0.1) is 5.82 Å². The van der Waals surface area contributed by atoms with Gasteiger partial charge in [-0.25, -0.2) is 17.6 Å². The number of anilines is 1. The minimum Gasteiger partial charge on any atom is -0.481 e. The Labute approximate surface area is 148 Å². The number of carbonyl (C=O) groups excluding carboxylic acids is 1. The van der Waals surface area contributed by atoms with Gasteiger partial charge in [-0.1, -0.05) is 18.2 Å². The van der Waals surface area contributed by atoms with E-state index in [1.165, 1.54) is 12.1 Å². The van der Waals surface area contributed by atoms with Gasteiger partial charge in [0.1, 0.15) is 16.6 Å². The molecule has 1 aliphatic heterocycles. The molecule has 0 amide bonds. The summed E-state index contributed by atoms with van der Waals surface area (Å²) in [5, 5.41) is 9.36. The number of rotatable bonds is 4. The summed E-state index contributed by atoms with van der Waals surface area (Å²) in [7, 11) is -3.31. The van der Waals surface area contributed by atoms with Crippen molar-refractivity contribution in [2.75, 3.05) is 18.0 Å². The van der Waals surface area contributed by atoms with Gasteiger partial charge < -0.3 is 9.84 Å². The van der Waals surface area contributed by atoms with Crippen LogP contribution in [0.25, 0.3) is 0 Å². The van der Waals surface area contributed by atoms with Crippen molar-refractivity contribution in [3.8, 4) is 0 Å². The first-order chi connectivity index (χ1) is 12.3. The van der Waals surface area contributed by atoms with E-state index < -0.39 is 38.6 Å². The highest BCUT2D eigenvalue weighted by Gasteiger charge is 2.40. The van der Waals surface area contributed by atoms with E-state index in [0.29, 0.717) is 5.56 Å². The van der Waals surface area contributed by atoms with Crippen LogP contribution in [0.2, 0.25) is 0 Å². The number of benzene rings is 2. The van der Waals surface area contributed by atoms with Crippen LogP contribution in [-0.2, 0) is 19.6 Å². The smallest absolute Gasteiger partial charge is 0.337 e. The third-order valence-corrected chi connectivity index (χ3v) is 5.94. The summed E-state index contributed by atoms with van der Waals surface area (Å²) in [6.45, 7) is -0.362. The molecule has 7 nitrogen and oxygen atoms in total. The second-order valence-corrected chi connectivity index (χ2v) is 7.45. The number of nitrogens with zero attached hydrogens (tertiary/aromatic N) is 1. The molecule has 3 rings (SSSR count). The standard InChI is InChI=1S/C17H14FNO6S/c1-25-17(22)10-6-7-13(18)15(8-10)26(23,24)19-9-12(16(20)21)11-4-2-3-5-14(11)19/h2-8,12H,9H2,1H3,(H,20,21)/t12-/m1/s1. The first-order valence-corrected chi connectivity index (χ1v) is 8.93. The van der Waals surface area contributed by atoms with Crippen molar-refractivity contribution in [3.63, 3.8) is 0 Å². The first-order valence-electron chi connectivity index (χ1n) is 7.49. The third-order valence-electron chi connectivity index (χ3n) is 4.15. The number of hydrogen-bond acceptors (Lipinski definition) is 5. The Kier molecular flexibility index (Phi) is 4.41. The molecule has 0 radical (unpaired) electrons. The van der Waals surface area contributed by atoms with Crippen LogP contribution in [0.3, 0.4) is 0 Å². The number of carbonyl (C=O) groups is 2. The number of aliphatic carboxylic acids is 1. The number of carboxylic acids is 1. The molecule has 1 heterocycles. The zero-order valence-corrected chi connectivity index (χ0v) is 14.4. The fraction of sp³-hybridized carbons (Fsp3) is 0.176. The average Bonchev–Trinajstić information content (AvgIpc) is 3.02. The molecule has 9 heteroatoms. The predicted molar refractivity (Wildman–Crippen MR) is 89.1 cm³/mol. The number of methoxy groups -OCH3 is 1. The lowest BCUT2D eigenvalue weighted by Crippen LogP contribution is -2.32. The molecule has 2 aromatic carbocycles.